The van der Waals surface area contributed by atoms with Crippen molar-refractivity contribution in [2.24, 2.45) is 0 Å². The molecule has 1 N–H and O–H groups in total. The molecule has 38 heavy (non-hydrogen) atoms. The fraction of sp³-hybridized carbons (Fsp3) is 0.458. The summed E-state index contributed by atoms with van der Waals surface area (Å²) in [6.07, 6.45) is -4.08. The van der Waals surface area contributed by atoms with Crippen LogP contribution in [0.4, 0.5) is 32.4 Å². The van der Waals surface area contributed by atoms with Gasteiger partial charge in [0.25, 0.3) is 0 Å². The standard InChI is InChI=1S/C24H29F5N4O4Si/c1-23(2,3)37-22(34)32-14-9-16(25)19(17(26)10-14)36-21-18-15(24(27,28)29)11-33(20(18)30-12-31-21)13-35-7-8-38(4,5)6/h9-12H,7-8,13H2,1-6H3,(H,32,34). The number of carbonyl (C=O) groups is 1. The molecule has 14 heteroatoms. The SMILES string of the molecule is CC(C)(C)OC(=O)Nc1cc(F)c(Oc2ncnc3c2c(C(F)(F)F)cn3COCC[Si](C)(C)C)c(F)c1. The smallest absolute Gasteiger partial charge is 0.418 e. The van der Waals surface area contributed by atoms with Gasteiger partial charge in [0.15, 0.2) is 11.6 Å². The first-order chi connectivity index (χ1) is 17.4. The summed E-state index contributed by atoms with van der Waals surface area (Å²) in [5.41, 5.74) is -2.47. The minimum absolute atomic E-state index is 0.181. The van der Waals surface area contributed by atoms with E-state index in [1.165, 1.54) is 0 Å². The summed E-state index contributed by atoms with van der Waals surface area (Å²) in [6, 6.07) is 2.28. The van der Waals surface area contributed by atoms with Crippen molar-refractivity contribution in [1.82, 2.24) is 14.5 Å². The van der Waals surface area contributed by atoms with Gasteiger partial charge in [-0.2, -0.15) is 13.2 Å². The summed E-state index contributed by atoms with van der Waals surface area (Å²) in [5, 5.41) is 1.60. The quantitative estimate of drug-likeness (QED) is 0.178. The predicted molar refractivity (Wildman–Crippen MR) is 133 cm³/mol. The van der Waals surface area contributed by atoms with Crippen LogP contribution in [0.2, 0.25) is 25.7 Å². The van der Waals surface area contributed by atoms with Crippen LogP contribution in [0.1, 0.15) is 26.3 Å². The van der Waals surface area contributed by atoms with Gasteiger partial charge in [0.05, 0.1) is 16.6 Å². The largest absolute Gasteiger partial charge is 0.444 e. The number of halogens is 5. The zero-order valence-electron chi connectivity index (χ0n) is 21.8. The number of nitrogens with zero attached hydrogens (tertiary/aromatic N) is 3. The second-order valence-electron chi connectivity index (χ2n) is 10.7. The Morgan fingerprint density at radius 2 is 1.71 bits per heavy atom. The van der Waals surface area contributed by atoms with Gasteiger partial charge in [-0.05, 0) is 26.8 Å². The Kier molecular flexibility index (Phi) is 8.36. The molecule has 2 aromatic heterocycles. The molecule has 0 bridgehead atoms. The molecule has 208 valence electrons. The molecule has 0 saturated carbocycles. The van der Waals surface area contributed by atoms with E-state index in [1.807, 2.05) is 0 Å². The molecule has 0 unspecified atom stereocenters. The van der Waals surface area contributed by atoms with Crippen LogP contribution in [0.3, 0.4) is 0 Å². The van der Waals surface area contributed by atoms with Gasteiger partial charge in [-0.3, -0.25) is 5.32 Å². The average molecular weight is 561 g/mol. The number of rotatable bonds is 8. The molecule has 1 aromatic carbocycles. The summed E-state index contributed by atoms with van der Waals surface area (Å²) in [6.45, 7) is 11.4. The fourth-order valence-electron chi connectivity index (χ4n) is 3.28. The van der Waals surface area contributed by atoms with Gasteiger partial charge in [0.1, 0.15) is 24.3 Å². The summed E-state index contributed by atoms with van der Waals surface area (Å²) in [4.78, 5) is 19.5. The molecular weight excluding hydrogens is 531 g/mol. The molecule has 0 spiro atoms. The molecular formula is C24H29F5N4O4Si. The number of anilines is 1. The number of hydrogen-bond donors (Lipinski definition) is 1. The second-order valence-corrected chi connectivity index (χ2v) is 16.4. The number of amides is 1. The molecule has 0 fully saturated rings. The zero-order valence-corrected chi connectivity index (χ0v) is 22.8. The van der Waals surface area contributed by atoms with E-state index in [1.54, 1.807) is 20.8 Å². The van der Waals surface area contributed by atoms with E-state index in [4.69, 9.17) is 14.2 Å². The third-order valence-electron chi connectivity index (χ3n) is 4.99. The fourth-order valence-corrected chi connectivity index (χ4v) is 4.03. The molecule has 3 rings (SSSR count). The first-order valence-corrected chi connectivity index (χ1v) is 15.3. The lowest BCUT2D eigenvalue weighted by Gasteiger charge is -2.19. The first-order valence-electron chi connectivity index (χ1n) is 11.6. The Balaban J connectivity index is 1.93. The van der Waals surface area contributed by atoms with Crippen LogP contribution in [0, 0.1) is 11.6 Å². The normalized spacial score (nSPS) is 12.6. The maximum absolute atomic E-state index is 14.8. The highest BCUT2D eigenvalue weighted by Crippen LogP contribution is 2.41. The summed E-state index contributed by atoms with van der Waals surface area (Å²) in [5.74, 6) is -4.28. The number of aromatic nitrogens is 3. The minimum Gasteiger partial charge on any atom is -0.444 e. The molecule has 0 atom stereocenters. The third-order valence-corrected chi connectivity index (χ3v) is 6.70. The van der Waals surface area contributed by atoms with E-state index >= 15 is 0 Å². The second kappa shape index (κ2) is 10.8. The van der Waals surface area contributed by atoms with E-state index in [0.29, 0.717) is 6.61 Å². The molecule has 0 saturated heterocycles. The number of hydrogen-bond acceptors (Lipinski definition) is 6. The number of carbonyl (C=O) groups excluding carboxylic acids is 1. The molecule has 2 heterocycles. The lowest BCUT2D eigenvalue weighted by molar-refractivity contribution is -0.136. The third kappa shape index (κ3) is 7.63. The molecule has 0 radical (unpaired) electrons. The number of alkyl halides is 3. The van der Waals surface area contributed by atoms with Gasteiger partial charge >= 0.3 is 12.3 Å². The Labute approximate surface area is 217 Å². The predicted octanol–water partition coefficient (Wildman–Crippen LogP) is 7.18. The van der Waals surface area contributed by atoms with E-state index in [9.17, 15) is 26.7 Å². The number of benzene rings is 1. The van der Waals surface area contributed by atoms with Crippen LogP contribution in [-0.2, 0) is 22.4 Å². The Bertz CT molecular complexity index is 1290. The van der Waals surface area contributed by atoms with Crippen LogP contribution in [0.25, 0.3) is 11.0 Å². The van der Waals surface area contributed by atoms with Gasteiger partial charge in [0.2, 0.25) is 11.6 Å². The molecule has 1 amide bonds. The topological polar surface area (TPSA) is 87.5 Å². The lowest BCUT2D eigenvalue weighted by Crippen LogP contribution is -2.27. The van der Waals surface area contributed by atoms with Gasteiger partial charge in [0, 0.05) is 33.0 Å². The molecule has 3 aromatic rings. The lowest BCUT2D eigenvalue weighted by atomic mass is 10.2. The van der Waals surface area contributed by atoms with E-state index in [2.05, 4.69) is 34.9 Å². The maximum Gasteiger partial charge on any atom is 0.418 e. The summed E-state index contributed by atoms with van der Waals surface area (Å²) in [7, 11) is -1.42. The van der Waals surface area contributed by atoms with Crippen molar-refractivity contribution < 1.29 is 41.0 Å². The summed E-state index contributed by atoms with van der Waals surface area (Å²) >= 11 is 0. The average Bonchev–Trinajstić information content (AvgIpc) is 3.12. The van der Waals surface area contributed by atoms with Crippen molar-refractivity contribution in [3.05, 3.63) is 41.9 Å². The van der Waals surface area contributed by atoms with E-state index in [0.717, 1.165) is 35.3 Å². The Morgan fingerprint density at radius 3 is 2.26 bits per heavy atom. The highest BCUT2D eigenvalue weighted by Gasteiger charge is 2.37. The van der Waals surface area contributed by atoms with Crippen molar-refractivity contribution in [3.63, 3.8) is 0 Å². The van der Waals surface area contributed by atoms with Crippen molar-refractivity contribution in [2.45, 2.75) is 65.0 Å². The van der Waals surface area contributed by atoms with Crippen molar-refractivity contribution >= 4 is 30.9 Å². The van der Waals surface area contributed by atoms with E-state index in [-0.39, 0.29) is 18.1 Å². The van der Waals surface area contributed by atoms with Crippen LogP contribution in [0.5, 0.6) is 11.6 Å². The van der Waals surface area contributed by atoms with Crippen molar-refractivity contribution in [3.8, 4) is 11.6 Å². The highest BCUT2D eigenvalue weighted by molar-refractivity contribution is 6.76. The van der Waals surface area contributed by atoms with E-state index < -0.39 is 60.2 Å². The molecule has 0 aliphatic heterocycles. The zero-order chi connectivity index (χ0) is 28.5. The first kappa shape index (κ1) is 29.3. The van der Waals surface area contributed by atoms with Crippen LogP contribution in [-0.4, -0.2) is 40.9 Å². The van der Waals surface area contributed by atoms with Crippen LogP contribution in [0.15, 0.2) is 24.7 Å². The van der Waals surface area contributed by atoms with Gasteiger partial charge in [-0.15, -0.1) is 0 Å². The Hall–Kier alpha value is -3.26. The Morgan fingerprint density at radius 1 is 1.08 bits per heavy atom. The molecule has 8 nitrogen and oxygen atoms in total. The minimum atomic E-state index is -4.84. The number of ether oxygens (including phenoxy) is 3. The maximum atomic E-state index is 14.8. The van der Waals surface area contributed by atoms with Crippen LogP contribution < -0.4 is 10.1 Å². The van der Waals surface area contributed by atoms with Crippen molar-refractivity contribution in [2.75, 3.05) is 11.9 Å². The molecule has 0 aliphatic rings. The number of fused-ring (bicyclic) bond motifs is 1. The monoisotopic (exact) mass is 560 g/mol. The van der Waals surface area contributed by atoms with Gasteiger partial charge < -0.3 is 18.8 Å². The van der Waals surface area contributed by atoms with Gasteiger partial charge in [-0.1, -0.05) is 19.6 Å². The van der Waals surface area contributed by atoms with Crippen molar-refractivity contribution in [1.29, 1.82) is 0 Å². The molecule has 0 aliphatic carbocycles. The highest BCUT2D eigenvalue weighted by atomic mass is 28.3. The van der Waals surface area contributed by atoms with Gasteiger partial charge in [-0.25, -0.2) is 23.5 Å². The summed E-state index contributed by atoms with van der Waals surface area (Å²) < 4.78 is 88.2. The number of nitrogens with one attached hydrogen (secondary N) is 1. The van der Waals surface area contributed by atoms with Crippen LogP contribution >= 0.6 is 0 Å².